The number of nitrogens with zero attached hydrogens (tertiary/aromatic N) is 2. The van der Waals surface area contributed by atoms with Gasteiger partial charge in [0.2, 0.25) is 0 Å². The molecule has 1 aromatic carbocycles. The van der Waals surface area contributed by atoms with Gasteiger partial charge in [-0.2, -0.15) is 5.10 Å². The summed E-state index contributed by atoms with van der Waals surface area (Å²) in [6.45, 7) is 7.99. The fourth-order valence-electron chi connectivity index (χ4n) is 2.15. The Bertz CT molecular complexity index is 558. The molecule has 0 atom stereocenters. The number of hydrogen-bond acceptors (Lipinski definition) is 3. The van der Waals surface area contributed by atoms with Crippen LogP contribution in [0.5, 0.6) is 5.75 Å². The van der Waals surface area contributed by atoms with Crippen LogP contribution in [0.3, 0.4) is 0 Å². The molecular formula is C17H25N3O. The van der Waals surface area contributed by atoms with Crippen molar-refractivity contribution in [3.63, 3.8) is 0 Å². The molecule has 114 valence electrons. The molecule has 0 aliphatic carbocycles. The SMILES string of the molecule is CCCOc1ccc(-c2nn(C)cc2CNC(C)C)cc1. The fraction of sp³-hybridized carbons (Fsp3) is 0.471. The van der Waals surface area contributed by atoms with Crippen LogP contribution in [0.25, 0.3) is 11.3 Å². The minimum Gasteiger partial charge on any atom is -0.494 e. The summed E-state index contributed by atoms with van der Waals surface area (Å²) in [5, 5.41) is 8.03. The van der Waals surface area contributed by atoms with Crippen LogP contribution < -0.4 is 10.1 Å². The average molecular weight is 287 g/mol. The zero-order chi connectivity index (χ0) is 15.2. The van der Waals surface area contributed by atoms with E-state index in [4.69, 9.17) is 4.74 Å². The lowest BCUT2D eigenvalue weighted by Crippen LogP contribution is -2.21. The van der Waals surface area contributed by atoms with Gasteiger partial charge in [-0.15, -0.1) is 0 Å². The summed E-state index contributed by atoms with van der Waals surface area (Å²) >= 11 is 0. The lowest BCUT2D eigenvalue weighted by atomic mass is 10.1. The van der Waals surface area contributed by atoms with E-state index in [1.807, 2.05) is 23.9 Å². The molecule has 0 aliphatic heterocycles. The molecule has 1 N–H and O–H groups in total. The normalized spacial score (nSPS) is 11.1. The van der Waals surface area contributed by atoms with Gasteiger partial charge in [-0.3, -0.25) is 4.68 Å². The molecule has 21 heavy (non-hydrogen) atoms. The Labute approximate surface area is 127 Å². The zero-order valence-electron chi connectivity index (χ0n) is 13.4. The van der Waals surface area contributed by atoms with Crippen molar-refractivity contribution in [2.24, 2.45) is 7.05 Å². The minimum atomic E-state index is 0.461. The summed E-state index contributed by atoms with van der Waals surface area (Å²) < 4.78 is 7.49. The largest absolute Gasteiger partial charge is 0.494 e. The Balaban J connectivity index is 2.16. The van der Waals surface area contributed by atoms with Crippen LogP contribution in [0.1, 0.15) is 32.8 Å². The number of ether oxygens (including phenoxy) is 1. The number of benzene rings is 1. The number of nitrogens with one attached hydrogen (secondary N) is 1. The molecule has 0 saturated heterocycles. The van der Waals surface area contributed by atoms with Crippen molar-refractivity contribution in [1.82, 2.24) is 15.1 Å². The van der Waals surface area contributed by atoms with Crippen molar-refractivity contribution in [2.75, 3.05) is 6.61 Å². The highest BCUT2D eigenvalue weighted by atomic mass is 16.5. The van der Waals surface area contributed by atoms with Gasteiger partial charge in [0.05, 0.1) is 12.3 Å². The van der Waals surface area contributed by atoms with Gasteiger partial charge in [-0.25, -0.2) is 0 Å². The van der Waals surface area contributed by atoms with Crippen molar-refractivity contribution in [3.05, 3.63) is 36.0 Å². The highest BCUT2D eigenvalue weighted by molar-refractivity contribution is 5.63. The van der Waals surface area contributed by atoms with E-state index in [0.29, 0.717) is 6.04 Å². The lowest BCUT2D eigenvalue weighted by molar-refractivity contribution is 0.317. The van der Waals surface area contributed by atoms with Gasteiger partial charge in [0.25, 0.3) is 0 Å². The predicted octanol–water partition coefficient (Wildman–Crippen LogP) is 3.37. The van der Waals surface area contributed by atoms with Crippen molar-refractivity contribution in [2.45, 2.75) is 39.8 Å². The lowest BCUT2D eigenvalue weighted by Gasteiger charge is -2.09. The fourth-order valence-corrected chi connectivity index (χ4v) is 2.15. The Morgan fingerprint density at radius 1 is 1.24 bits per heavy atom. The molecule has 1 heterocycles. The highest BCUT2D eigenvalue weighted by Gasteiger charge is 2.10. The monoisotopic (exact) mass is 287 g/mol. The summed E-state index contributed by atoms with van der Waals surface area (Å²) in [7, 11) is 1.96. The third-order valence-electron chi connectivity index (χ3n) is 3.21. The molecule has 0 radical (unpaired) electrons. The first-order chi connectivity index (χ1) is 10.1. The van der Waals surface area contributed by atoms with Crippen LogP contribution in [-0.4, -0.2) is 22.4 Å². The van der Waals surface area contributed by atoms with Gasteiger partial charge in [0, 0.05) is 37.0 Å². The molecule has 0 bridgehead atoms. The number of aryl methyl sites for hydroxylation is 1. The summed E-state index contributed by atoms with van der Waals surface area (Å²) in [5.74, 6) is 0.915. The van der Waals surface area contributed by atoms with E-state index >= 15 is 0 Å². The van der Waals surface area contributed by atoms with Crippen molar-refractivity contribution in [3.8, 4) is 17.0 Å². The van der Waals surface area contributed by atoms with Gasteiger partial charge < -0.3 is 10.1 Å². The number of aromatic nitrogens is 2. The zero-order valence-corrected chi connectivity index (χ0v) is 13.4. The van der Waals surface area contributed by atoms with Crippen LogP contribution in [0.4, 0.5) is 0 Å². The summed E-state index contributed by atoms with van der Waals surface area (Å²) in [6.07, 6.45) is 3.10. The summed E-state index contributed by atoms with van der Waals surface area (Å²) in [4.78, 5) is 0. The van der Waals surface area contributed by atoms with Crippen LogP contribution >= 0.6 is 0 Å². The van der Waals surface area contributed by atoms with E-state index in [1.165, 1.54) is 5.56 Å². The molecule has 4 nitrogen and oxygen atoms in total. The first kappa shape index (κ1) is 15.6. The summed E-state index contributed by atoms with van der Waals surface area (Å²) in [5.41, 5.74) is 3.38. The molecule has 0 spiro atoms. The maximum absolute atomic E-state index is 5.62. The highest BCUT2D eigenvalue weighted by Crippen LogP contribution is 2.24. The maximum atomic E-state index is 5.62. The quantitative estimate of drug-likeness (QED) is 0.848. The first-order valence-corrected chi connectivity index (χ1v) is 7.59. The molecule has 0 fully saturated rings. The second-order valence-corrected chi connectivity index (χ2v) is 5.59. The molecule has 0 aliphatic rings. The topological polar surface area (TPSA) is 39.1 Å². The van der Waals surface area contributed by atoms with Gasteiger partial charge in [0.15, 0.2) is 0 Å². The van der Waals surface area contributed by atoms with E-state index in [-0.39, 0.29) is 0 Å². The van der Waals surface area contributed by atoms with Crippen molar-refractivity contribution < 1.29 is 4.74 Å². The molecular weight excluding hydrogens is 262 g/mol. The van der Waals surface area contributed by atoms with E-state index in [0.717, 1.165) is 36.6 Å². The number of rotatable bonds is 7. The van der Waals surface area contributed by atoms with E-state index in [9.17, 15) is 0 Å². The molecule has 0 amide bonds. The molecule has 0 unspecified atom stereocenters. The van der Waals surface area contributed by atoms with Crippen LogP contribution in [0, 0.1) is 0 Å². The molecule has 2 rings (SSSR count). The van der Waals surface area contributed by atoms with E-state index in [2.05, 4.69) is 49.5 Å². The third-order valence-corrected chi connectivity index (χ3v) is 3.21. The Kier molecular flexibility index (Phi) is 5.39. The number of hydrogen-bond donors (Lipinski definition) is 1. The Morgan fingerprint density at radius 2 is 1.95 bits per heavy atom. The standard InChI is InChI=1S/C17H25N3O/c1-5-10-21-16-8-6-14(7-9-16)17-15(11-18-13(2)3)12-20(4)19-17/h6-9,12-13,18H,5,10-11H2,1-4H3. The molecule has 1 aromatic heterocycles. The van der Waals surface area contributed by atoms with Crippen LogP contribution in [0.15, 0.2) is 30.5 Å². The molecule has 0 saturated carbocycles. The van der Waals surface area contributed by atoms with Gasteiger partial charge in [-0.1, -0.05) is 20.8 Å². The molecule has 4 heteroatoms. The van der Waals surface area contributed by atoms with E-state index in [1.54, 1.807) is 0 Å². The van der Waals surface area contributed by atoms with Gasteiger partial charge >= 0.3 is 0 Å². The second kappa shape index (κ2) is 7.27. The maximum Gasteiger partial charge on any atom is 0.119 e. The Morgan fingerprint density at radius 3 is 2.57 bits per heavy atom. The first-order valence-electron chi connectivity index (χ1n) is 7.59. The van der Waals surface area contributed by atoms with Gasteiger partial charge in [-0.05, 0) is 30.7 Å². The average Bonchev–Trinajstić information content (AvgIpc) is 2.84. The Hall–Kier alpha value is -1.81. The summed E-state index contributed by atoms with van der Waals surface area (Å²) in [6, 6.07) is 8.64. The van der Waals surface area contributed by atoms with Crippen molar-refractivity contribution >= 4 is 0 Å². The molecule has 2 aromatic rings. The van der Waals surface area contributed by atoms with Gasteiger partial charge in [0.1, 0.15) is 5.75 Å². The third kappa shape index (κ3) is 4.33. The smallest absolute Gasteiger partial charge is 0.119 e. The van der Waals surface area contributed by atoms with Crippen LogP contribution in [0.2, 0.25) is 0 Å². The van der Waals surface area contributed by atoms with Crippen molar-refractivity contribution in [1.29, 1.82) is 0 Å². The second-order valence-electron chi connectivity index (χ2n) is 5.59. The van der Waals surface area contributed by atoms with E-state index < -0.39 is 0 Å². The predicted molar refractivity (Wildman–Crippen MR) is 86.4 cm³/mol. The van der Waals surface area contributed by atoms with Crippen LogP contribution in [-0.2, 0) is 13.6 Å². The minimum absolute atomic E-state index is 0.461.